The highest BCUT2D eigenvalue weighted by atomic mass is 19.1. The van der Waals surface area contributed by atoms with E-state index >= 15 is 0 Å². The fourth-order valence-corrected chi connectivity index (χ4v) is 1.38. The van der Waals surface area contributed by atoms with E-state index in [2.05, 4.69) is 19.2 Å². The van der Waals surface area contributed by atoms with Gasteiger partial charge in [-0.15, -0.1) is 0 Å². The third-order valence-corrected chi connectivity index (χ3v) is 2.28. The van der Waals surface area contributed by atoms with E-state index in [0.29, 0.717) is 18.3 Å². The summed E-state index contributed by atoms with van der Waals surface area (Å²) in [4.78, 5) is 0. The first-order valence-corrected chi connectivity index (χ1v) is 5.82. The quantitative estimate of drug-likeness (QED) is 0.720. The lowest BCUT2D eigenvalue weighted by Gasteiger charge is -2.13. The van der Waals surface area contributed by atoms with Crippen LogP contribution in [0.3, 0.4) is 0 Å². The van der Waals surface area contributed by atoms with Crippen LogP contribution in [0.5, 0.6) is 5.75 Å². The molecule has 3 heteroatoms. The highest BCUT2D eigenvalue weighted by Crippen LogP contribution is 2.15. The predicted molar refractivity (Wildman–Crippen MR) is 64.2 cm³/mol. The molecule has 1 aromatic rings. The average Bonchev–Trinajstić information content (AvgIpc) is 2.28. The Morgan fingerprint density at radius 3 is 2.81 bits per heavy atom. The molecular formula is C13H20FNO. The molecule has 0 saturated heterocycles. The summed E-state index contributed by atoms with van der Waals surface area (Å²) in [5.74, 6) is 0.423. The van der Waals surface area contributed by atoms with Gasteiger partial charge in [-0.3, -0.25) is 0 Å². The molecule has 1 aromatic carbocycles. The van der Waals surface area contributed by atoms with Crippen molar-refractivity contribution in [2.75, 3.05) is 19.7 Å². The molecule has 0 saturated carbocycles. The van der Waals surface area contributed by atoms with Crippen LogP contribution in [0.15, 0.2) is 24.3 Å². The van der Waals surface area contributed by atoms with Gasteiger partial charge in [0.25, 0.3) is 0 Å². The van der Waals surface area contributed by atoms with Gasteiger partial charge in [-0.2, -0.15) is 0 Å². The van der Waals surface area contributed by atoms with E-state index in [0.717, 1.165) is 19.5 Å². The molecule has 0 aromatic heterocycles. The molecule has 1 atom stereocenters. The molecule has 0 bridgehead atoms. The summed E-state index contributed by atoms with van der Waals surface area (Å²) in [6.45, 7) is 6.68. The third-order valence-electron chi connectivity index (χ3n) is 2.28. The second kappa shape index (κ2) is 7.23. The van der Waals surface area contributed by atoms with E-state index in [4.69, 9.17) is 4.74 Å². The normalized spacial score (nSPS) is 12.4. The number of rotatable bonds is 7. The molecule has 0 heterocycles. The molecule has 0 fully saturated rings. The van der Waals surface area contributed by atoms with Crippen molar-refractivity contribution in [1.82, 2.24) is 5.32 Å². The molecular weight excluding hydrogens is 205 g/mol. The highest BCUT2D eigenvalue weighted by molar-refractivity contribution is 5.23. The van der Waals surface area contributed by atoms with Crippen molar-refractivity contribution < 1.29 is 9.13 Å². The number of hydrogen-bond acceptors (Lipinski definition) is 2. The fraction of sp³-hybridized carbons (Fsp3) is 0.538. The van der Waals surface area contributed by atoms with Gasteiger partial charge < -0.3 is 10.1 Å². The van der Waals surface area contributed by atoms with Gasteiger partial charge in [-0.05, 0) is 25.1 Å². The Kier molecular flexibility index (Phi) is 5.86. The minimum atomic E-state index is -0.295. The van der Waals surface area contributed by atoms with Crippen LogP contribution in [-0.2, 0) is 0 Å². The molecule has 16 heavy (non-hydrogen) atoms. The second-order valence-corrected chi connectivity index (χ2v) is 4.05. The van der Waals surface area contributed by atoms with E-state index in [1.54, 1.807) is 18.2 Å². The SMILES string of the molecule is CCCNCC(C)COc1ccccc1F. The summed E-state index contributed by atoms with van der Waals surface area (Å²) < 4.78 is 18.6. The van der Waals surface area contributed by atoms with Crippen molar-refractivity contribution in [2.45, 2.75) is 20.3 Å². The van der Waals surface area contributed by atoms with Gasteiger partial charge in [0.1, 0.15) is 0 Å². The van der Waals surface area contributed by atoms with Crippen LogP contribution in [-0.4, -0.2) is 19.7 Å². The lowest BCUT2D eigenvalue weighted by molar-refractivity contribution is 0.246. The van der Waals surface area contributed by atoms with Gasteiger partial charge in [0.15, 0.2) is 11.6 Å². The first kappa shape index (κ1) is 13.0. The summed E-state index contributed by atoms with van der Waals surface area (Å²) in [7, 11) is 0. The number of benzene rings is 1. The van der Waals surface area contributed by atoms with Gasteiger partial charge in [-0.25, -0.2) is 4.39 Å². The maximum atomic E-state index is 13.2. The van der Waals surface area contributed by atoms with E-state index in [1.165, 1.54) is 6.07 Å². The van der Waals surface area contributed by atoms with Gasteiger partial charge in [-0.1, -0.05) is 26.0 Å². The van der Waals surface area contributed by atoms with Crippen molar-refractivity contribution in [3.8, 4) is 5.75 Å². The Balaban J connectivity index is 2.26. The van der Waals surface area contributed by atoms with Crippen LogP contribution in [0.1, 0.15) is 20.3 Å². The molecule has 2 nitrogen and oxygen atoms in total. The molecule has 0 aliphatic heterocycles. The van der Waals surface area contributed by atoms with E-state index < -0.39 is 0 Å². The van der Waals surface area contributed by atoms with Gasteiger partial charge in [0.05, 0.1) is 6.61 Å². The van der Waals surface area contributed by atoms with Crippen LogP contribution in [0.2, 0.25) is 0 Å². The largest absolute Gasteiger partial charge is 0.490 e. The molecule has 0 aliphatic carbocycles. The Hall–Kier alpha value is -1.09. The summed E-state index contributed by atoms with van der Waals surface area (Å²) in [5.41, 5.74) is 0. The van der Waals surface area contributed by atoms with Crippen molar-refractivity contribution in [3.05, 3.63) is 30.1 Å². The first-order chi connectivity index (χ1) is 7.74. The summed E-state index contributed by atoms with van der Waals surface area (Å²) in [5, 5.41) is 3.31. The zero-order valence-corrected chi connectivity index (χ0v) is 10.0. The lowest BCUT2D eigenvalue weighted by Crippen LogP contribution is -2.25. The molecule has 0 aliphatic rings. The molecule has 1 unspecified atom stereocenters. The highest BCUT2D eigenvalue weighted by Gasteiger charge is 2.05. The Morgan fingerprint density at radius 2 is 2.12 bits per heavy atom. The topological polar surface area (TPSA) is 21.3 Å². The fourth-order valence-electron chi connectivity index (χ4n) is 1.38. The van der Waals surface area contributed by atoms with Crippen molar-refractivity contribution in [2.24, 2.45) is 5.92 Å². The average molecular weight is 225 g/mol. The van der Waals surface area contributed by atoms with E-state index in [1.807, 2.05) is 0 Å². The maximum Gasteiger partial charge on any atom is 0.165 e. The van der Waals surface area contributed by atoms with Crippen LogP contribution < -0.4 is 10.1 Å². The summed E-state index contributed by atoms with van der Waals surface area (Å²) >= 11 is 0. The summed E-state index contributed by atoms with van der Waals surface area (Å²) in [6, 6.07) is 6.50. The van der Waals surface area contributed by atoms with E-state index in [9.17, 15) is 4.39 Å². The van der Waals surface area contributed by atoms with Crippen molar-refractivity contribution in [1.29, 1.82) is 0 Å². The monoisotopic (exact) mass is 225 g/mol. The smallest absolute Gasteiger partial charge is 0.165 e. The maximum absolute atomic E-state index is 13.2. The third kappa shape index (κ3) is 4.62. The van der Waals surface area contributed by atoms with E-state index in [-0.39, 0.29) is 5.82 Å². The molecule has 90 valence electrons. The Morgan fingerprint density at radius 1 is 1.38 bits per heavy atom. The molecule has 1 rings (SSSR count). The van der Waals surface area contributed by atoms with Gasteiger partial charge in [0.2, 0.25) is 0 Å². The lowest BCUT2D eigenvalue weighted by atomic mass is 10.2. The standard InChI is InChI=1S/C13H20FNO/c1-3-8-15-9-11(2)10-16-13-7-5-4-6-12(13)14/h4-7,11,15H,3,8-10H2,1-2H3. The number of nitrogens with one attached hydrogen (secondary N) is 1. The van der Waals surface area contributed by atoms with Crippen LogP contribution in [0.25, 0.3) is 0 Å². The molecule has 0 spiro atoms. The molecule has 0 radical (unpaired) electrons. The van der Waals surface area contributed by atoms with Crippen LogP contribution >= 0.6 is 0 Å². The minimum absolute atomic E-state index is 0.295. The van der Waals surface area contributed by atoms with Crippen LogP contribution in [0.4, 0.5) is 4.39 Å². The molecule has 1 N–H and O–H groups in total. The minimum Gasteiger partial charge on any atom is -0.490 e. The summed E-state index contributed by atoms with van der Waals surface area (Å²) in [6.07, 6.45) is 1.13. The first-order valence-electron chi connectivity index (χ1n) is 5.82. The van der Waals surface area contributed by atoms with Crippen molar-refractivity contribution >= 4 is 0 Å². The molecule has 0 amide bonds. The zero-order chi connectivity index (χ0) is 11.8. The number of hydrogen-bond donors (Lipinski definition) is 1. The Labute approximate surface area is 96.8 Å². The van der Waals surface area contributed by atoms with Gasteiger partial charge in [0, 0.05) is 12.5 Å². The predicted octanol–water partition coefficient (Wildman–Crippen LogP) is 2.84. The number of ether oxygens (including phenoxy) is 1. The zero-order valence-electron chi connectivity index (χ0n) is 10.0. The van der Waals surface area contributed by atoms with Gasteiger partial charge >= 0.3 is 0 Å². The number of halogens is 1. The van der Waals surface area contributed by atoms with Crippen molar-refractivity contribution in [3.63, 3.8) is 0 Å². The second-order valence-electron chi connectivity index (χ2n) is 4.05. The Bertz CT molecular complexity index is 304. The van der Waals surface area contributed by atoms with Crippen LogP contribution in [0, 0.1) is 11.7 Å². The number of para-hydroxylation sites is 1.